The normalized spacial score (nSPS) is 27.5. The van der Waals surface area contributed by atoms with Crippen LogP contribution in [0, 0.1) is 5.92 Å². The van der Waals surface area contributed by atoms with E-state index >= 15 is 0 Å². The summed E-state index contributed by atoms with van der Waals surface area (Å²) in [5.41, 5.74) is 2.13. The smallest absolute Gasteiger partial charge is 0.0366 e. The fourth-order valence-electron chi connectivity index (χ4n) is 3.24. The van der Waals surface area contributed by atoms with Crippen LogP contribution in [0.3, 0.4) is 0 Å². The molecule has 1 aromatic rings. The molecule has 0 spiro atoms. The van der Waals surface area contributed by atoms with Crippen molar-refractivity contribution in [2.45, 2.75) is 64.6 Å². The zero-order valence-corrected chi connectivity index (χ0v) is 14.1. The van der Waals surface area contributed by atoms with E-state index in [1.165, 1.54) is 31.4 Å². The highest BCUT2D eigenvalue weighted by Crippen LogP contribution is 2.39. The highest BCUT2D eigenvalue weighted by Gasteiger charge is 2.34. The molecule has 1 aliphatic carbocycles. The van der Waals surface area contributed by atoms with Gasteiger partial charge in [-0.1, -0.05) is 51.7 Å². The maximum atomic E-state index is 11.9. The molecule has 1 saturated carbocycles. The molecular formula is C19H29NO2-2. The van der Waals surface area contributed by atoms with Crippen LogP contribution in [-0.4, -0.2) is 25.3 Å². The third-order valence-electron chi connectivity index (χ3n) is 4.95. The lowest BCUT2D eigenvalue weighted by molar-refractivity contribution is -0.547. The van der Waals surface area contributed by atoms with E-state index in [0.717, 1.165) is 18.7 Å². The van der Waals surface area contributed by atoms with Gasteiger partial charge in [-0.2, -0.15) is 0 Å². The molecule has 0 radical (unpaired) electrons. The van der Waals surface area contributed by atoms with E-state index in [2.05, 4.69) is 30.9 Å². The number of benzene rings is 1. The van der Waals surface area contributed by atoms with Crippen molar-refractivity contribution < 1.29 is 10.2 Å². The third-order valence-corrected chi connectivity index (χ3v) is 4.95. The molecule has 2 atom stereocenters. The molecule has 3 nitrogen and oxygen atoms in total. The summed E-state index contributed by atoms with van der Waals surface area (Å²) in [6.45, 7) is 8.34. The summed E-state index contributed by atoms with van der Waals surface area (Å²) in [5, 5.41) is 23.9. The molecule has 0 N–H and O–H groups in total. The van der Waals surface area contributed by atoms with E-state index in [1.54, 1.807) is 6.92 Å². The van der Waals surface area contributed by atoms with Gasteiger partial charge in [0.1, 0.15) is 0 Å². The lowest BCUT2D eigenvalue weighted by atomic mass is 9.67. The Kier molecular flexibility index (Phi) is 6.27. The minimum Gasteiger partial charge on any atom is -0.851 e. The number of rotatable bonds is 8. The minimum absolute atomic E-state index is 0.240. The Bertz CT molecular complexity index is 427. The Morgan fingerprint density at radius 3 is 1.86 bits per heavy atom. The van der Waals surface area contributed by atoms with Crippen LogP contribution in [0.2, 0.25) is 0 Å². The van der Waals surface area contributed by atoms with E-state index in [0.29, 0.717) is 0 Å². The Morgan fingerprint density at radius 1 is 0.909 bits per heavy atom. The Labute approximate surface area is 135 Å². The van der Waals surface area contributed by atoms with Gasteiger partial charge in [-0.05, 0) is 36.5 Å². The Hall–Kier alpha value is -1.06. The summed E-state index contributed by atoms with van der Waals surface area (Å²) in [5.74, 6) is -0.584. The average Bonchev–Trinajstić information content (AvgIpc) is 2.55. The highest BCUT2D eigenvalue weighted by molar-refractivity contribution is 5.48. The van der Waals surface area contributed by atoms with E-state index in [4.69, 9.17) is 0 Å². The maximum absolute atomic E-state index is 11.9. The highest BCUT2D eigenvalue weighted by atomic mass is 16.3. The number of nitrogens with zero attached hydrogens (tertiary/aromatic N) is 1. The first-order valence-corrected chi connectivity index (χ1v) is 8.76. The van der Waals surface area contributed by atoms with Gasteiger partial charge in [0.2, 0.25) is 0 Å². The summed E-state index contributed by atoms with van der Waals surface area (Å²) in [7, 11) is 0. The van der Waals surface area contributed by atoms with Gasteiger partial charge in [-0.25, -0.2) is 0 Å². The van der Waals surface area contributed by atoms with Crippen LogP contribution in [0.1, 0.15) is 57.9 Å². The molecule has 0 saturated heterocycles. The van der Waals surface area contributed by atoms with Crippen LogP contribution in [0.15, 0.2) is 24.3 Å². The van der Waals surface area contributed by atoms with Crippen LogP contribution >= 0.6 is 0 Å². The molecule has 0 amide bonds. The average molecular weight is 303 g/mol. The maximum Gasteiger partial charge on any atom is 0.0366 e. The van der Waals surface area contributed by atoms with Crippen LogP contribution in [-0.2, 0) is 0 Å². The molecule has 0 aliphatic heterocycles. The fourth-order valence-corrected chi connectivity index (χ4v) is 3.24. The van der Waals surface area contributed by atoms with Gasteiger partial charge in [0, 0.05) is 18.8 Å². The third kappa shape index (κ3) is 3.64. The van der Waals surface area contributed by atoms with Crippen molar-refractivity contribution in [1.82, 2.24) is 0 Å². The molecule has 3 heteroatoms. The van der Waals surface area contributed by atoms with Crippen molar-refractivity contribution in [2.24, 2.45) is 5.92 Å². The monoisotopic (exact) mass is 303 g/mol. The van der Waals surface area contributed by atoms with Gasteiger partial charge in [0.15, 0.2) is 0 Å². The van der Waals surface area contributed by atoms with Gasteiger partial charge < -0.3 is 15.1 Å². The van der Waals surface area contributed by atoms with Crippen molar-refractivity contribution in [3.63, 3.8) is 0 Å². The second-order valence-electron chi connectivity index (χ2n) is 6.60. The minimum atomic E-state index is -0.732. The van der Waals surface area contributed by atoms with Crippen molar-refractivity contribution in [3.8, 4) is 0 Å². The van der Waals surface area contributed by atoms with E-state index in [9.17, 15) is 10.2 Å². The molecule has 0 bridgehead atoms. The molecule has 0 aromatic heterocycles. The molecule has 1 aliphatic rings. The van der Waals surface area contributed by atoms with Crippen LogP contribution < -0.4 is 15.1 Å². The van der Waals surface area contributed by atoms with Crippen molar-refractivity contribution in [2.75, 3.05) is 18.0 Å². The lowest BCUT2D eigenvalue weighted by Gasteiger charge is -2.60. The largest absolute Gasteiger partial charge is 0.851 e. The quantitative estimate of drug-likeness (QED) is 0.740. The Morgan fingerprint density at radius 2 is 1.41 bits per heavy atom. The number of unbranched alkanes of at least 4 members (excludes halogenated alkanes) is 2. The van der Waals surface area contributed by atoms with E-state index in [-0.39, 0.29) is 11.8 Å². The molecule has 2 unspecified atom stereocenters. The summed E-state index contributed by atoms with van der Waals surface area (Å²) < 4.78 is 0. The van der Waals surface area contributed by atoms with Crippen LogP contribution in [0.5, 0.6) is 0 Å². The molecular weight excluding hydrogens is 274 g/mol. The molecule has 1 fully saturated rings. The van der Waals surface area contributed by atoms with Crippen molar-refractivity contribution in [1.29, 1.82) is 0 Å². The Balaban J connectivity index is 2.05. The first-order valence-electron chi connectivity index (χ1n) is 8.76. The van der Waals surface area contributed by atoms with Gasteiger partial charge in [-0.15, -0.1) is 12.2 Å². The van der Waals surface area contributed by atoms with Crippen molar-refractivity contribution >= 4 is 5.69 Å². The molecule has 124 valence electrons. The van der Waals surface area contributed by atoms with E-state index in [1.807, 2.05) is 12.1 Å². The predicted octanol–water partition coefficient (Wildman–Crippen LogP) is 2.28. The summed E-state index contributed by atoms with van der Waals surface area (Å²) in [4.78, 5) is 2.42. The molecule has 2 rings (SSSR count). The molecule has 22 heavy (non-hydrogen) atoms. The number of anilines is 1. The SMILES string of the molecule is CCCCN(CCCC)c1ccc(C2C([O-])C(C)C2[O-])cc1. The summed E-state index contributed by atoms with van der Waals surface area (Å²) >= 11 is 0. The molecule has 1 aromatic carbocycles. The number of hydrogen-bond acceptors (Lipinski definition) is 3. The second kappa shape index (κ2) is 7.98. The zero-order chi connectivity index (χ0) is 16.1. The lowest BCUT2D eigenvalue weighted by Crippen LogP contribution is -2.64. The van der Waals surface area contributed by atoms with Gasteiger partial charge in [0.05, 0.1) is 0 Å². The summed E-state index contributed by atoms with van der Waals surface area (Å²) in [6.07, 6.45) is 3.30. The summed E-state index contributed by atoms with van der Waals surface area (Å²) in [6, 6.07) is 8.16. The van der Waals surface area contributed by atoms with Gasteiger partial charge in [0.25, 0.3) is 0 Å². The van der Waals surface area contributed by atoms with Gasteiger partial charge >= 0.3 is 0 Å². The topological polar surface area (TPSA) is 49.4 Å². The van der Waals surface area contributed by atoms with Crippen LogP contribution in [0.25, 0.3) is 0 Å². The predicted molar refractivity (Wildman–Crippen MR) is 88.0 cm³/mol. The fraction of sp³-hybridized carbons (Fsp3) is 0.684. The first-order chi connectivity index (χ1) is 10.6. The van der Waals surface area contributed by atoms with Gasteiger partial charge in [-0.3, -0.25) is 0 Å². The standard InChI is InChI=1S/C19H29NO2/c1-4-6-12-20(13-7-5-2)16-10-8-15(9-11-16)17-18(21)14(3)19(17)22/h8-11,14,17-19H,4-7,12-13H2,1-3H3/q-2. The van der Waals surface area contributed by atoms with E-state index < -0.39 is 12.2 Å². The van der Waals surface area contributed by atoms with Crippen LogP contribution in [0.4, 0.5) is 5.69 Å². The first kappa shape index (κ1) is 17.3. The molecule has 0 heterocycles. The second-order valence-corrected chi connectivity index (χ2v) is 6.60. The van der Waals surface area contributed by atoms with Crippen molar-refractivity contribution in [3.05, 3.63) is 29.8 Å². The number of hydrogen-bond donors (Lipinski definition) is 0. The zero-order valence-electron chi connectivity index (χ0n) is 14.1.